The van der Waals surface area contributed by atoms with Gasteiger partial charge in [-0.1, -0.05) is 13.8 Å². The summed E-state index contributed by atoms with van der Waals surface area (Å²) in [5, 5.41) is 0. The standard InChI is InChI=1S/C16H29N5O3S/c1-12(2)14-10-21(11-15(14)18-25(23,24)19(4)5)16(22)6-8-20-9-7-17-13(20)3/h7,9,12,14-15,18H,6,8,10-11H2,1-5H3/t14-,15+/m0/s1. The van der Waals surface area contributed by atoms with Crippen molar-refractivity contribution < 1.29 is 13.2 Å². The number of amides is 1. The van der Waals surface area contributed by atoms with Gasteiger partial charge in [0.05, 0.1) is 0 Å². The number of nitrogens with one attached hydrogen (secondary N) is 1. The number of aromatic nitrogens is 2. The van der Waals surface area contributed by atoms with Gasteiger partial charge < -0.3 is 9.47 Å². The summed E-state index contributed by atoms with van der Waals surface area (Å²) < 4.78 is 30.1. The molecule has 1 aromatic rings. The van der Waals surface area contributed by atoms with Gasteiger partial charge in [-0.3, -0.25) is 4.79 Å². The van der Waals surface area contributed by atoms with Crippen molar-refractivity contribution in [1.82, 2.24) is 23.5 Å². The number of hydrogen-bond acceptors (Lipinski definition) is 4. The highest BCUT2D eigenvalue weighted by Gasteiger charge is 2.39. The number of aryl methyl sites for hydroxylation is 2. The lowest BCUT2D eigenvalue weighted by atomic mass is 9.92. The van der Waals surface area contributed by atoms with Crippen molar-refractivity contribution in [3.8, 4) is 0 Å². The van der Waals surface area contributed by atoms with Gasteiger partial charge in [0.1, 0.15) is 5.82 Å². The minimum absolute atomic E-state index is 0.0466. The third-order valence-corrected chi connectivity index (χ3v) is 6.41. The molecule has 0 unspecified atom stereocenters. The summed E-state index contributed by atoms with van der Waals surface area (Å²) in [7, 11) is -0.521. The number of hydrogen-bond donors (Lipinski definition) is 1. The van der Waals surface area contributed by atoms with Crippen LogP contribution in [-0.4, -0.2) is 66.3 Å². The Labute approximate surface area is 150 Å². The summed E-state index contributed by atoms with van der Waals surface area (Å²) in [4.78, 5) is 18.5. The zero-order chi connectivity index (χ0) is 18.8. The molecule has 2 atom stereocenters. The molecule has 9 heteroatoms. The molecular weight excluding hydrogens is 342 g/mol. The maximum Gasteiger partial charge on any atom is 0.279 e. The molecule has 0 spiro atoms. The molecule has 1 amide bonds. The fourth-order valence-electron chi connectivity index (χ4n) is 3.14. The van der Waals surface area contributed by atoms with Crippen LogP contribution in [0.3, 0.4) is 0 Å². The monoisotopic (exact) mass is 371 g/mol. The van der Waals surface area contributed by atoms with Crippen LogP contribution in [0, 0.1) is 18.8 Å². The number of likely N-dealkylation sites (tertiary alicyclic amines) is 1. The number of imidazole rings is 1. The number of carbonyl (C=O) groups is 1. The summed E-state index contributed by atoms with van der Waals surface area (Å²) in [5.41, 5.74) is 0. The predicted octanol–water partition coefficient (Wildman–Crippen LogP) is 0.461. The smallest absolute Gasteiger partial charge is 0.279 e. The zero-order valence-corrected chi connectivity index (χ0v) is 16.5. The highest BCUT2D eigenvalue weighted by molar-refractivity contribution is 7.87. The Kier molecular flexibility index (Phi) is 6.23. The van der Waals surface area contributed by atoms with E-state index in [4.69, 9.17) is 0 Å². The molecule has 1 N–H and O–H groups in total. The highest BCUT2D eigenvalue weighted by atomic mass is 32.2. The fourth-order valence-corrected chi connectivity index (χ4v) is 3.99. The molecule has 1 saturated heterocycles. The first-order valence-electron chi connectivity index (χ1n) is 8.57. The summed E-state index contributed by atoms with van der Waals surface area (Å²) in [6, 6.07) is -0.258. The molecule has 2 heterocycles. The first-order chi connectivity index (χ1) is 11.6. The van der Waals surface area contributed by atoms with Crippen LogP contribution in [-0.2, 0) is 21.5 Å². The van der Waals surface area contributed by atoms with Crippen LogP contribution in [0.15, 0.2) is 12.4 Å². The van der Waals surface area contributed by atoms with Crippen molar-refractivity contribution in [1.29, 1.82) is 0 Å². The second-order valence-electron chi connectivity index (χ2n) is 7.14. The first kappa shape index (κ1) is 19.9. The molecule has 0 aromatic carbocycles. The Morgan fingerprint density at radius 3 is 2.60 bits per heavy atom. The number of rotatable bonds is 7. The molecule has 1 aliphatic rings. The molecule has 1 aliphatic heterocycles. The van der Waals surface area contributed by atoms with Gasteiger partial charge in [0, 0.05) is 58.6 Å². The van der Waals surface area contributed by atoms with Gasteiger partial charge >= 0.3 is 0 Å². The maximum absolute atomic E-state index is 12.6. The van der Waals surface area contributed by atoms with E-state index in [1.807, 2.05) is 17.7 Å². The van der Waals surface area contributed by atoms with E-state index < -0.39 is 10.2 Å². The topological polar surface area (TPSA) is 87.5 Å². The molecule has 1 fully saturated rings. The largest absolute Gasteiger partial charge is 0.341 e. The summed E-state index contributed by atoms with van der Waals surface area (Å²) in [6.07, 6.45) is 3.96. The molecule has 2 rings (SSSR count). The van der Waals surface area contributed by atoms with Crippen molar-refractivity contribution in [3.05, 3.63) is 18.2 Å². The van der Waals surface area contributed by atoms with E-state index in [2.05, 4.69) is 23.6 Å². The number of carbonyl (C=O) groups excluding carboxylic acids is 1. The quantitative estimate of drug-likeness (QED) is 0.754. The second-order valence-corrected chi connectivity index (χ2v) is 9.05. The fraction of sp³-hybridized carbons (Fsp3) is 0.750. The van der Waals surface area contributed by atoms with Crippen molar-refractivity contribution in [2.45, 2.75) is 39.8 Å². The minimum Gasteiger partial charge on any atom is -0.341 e. The molecule has 0 aliphatic carbocycles. The average Bonchev–Trinajstić information content (AvgIpc) is 3.10. The van der Waals surface area contributed by atoms with Crippen molar-refractivity contribution in [2.75, 3.05) is 27.2 Å². The molecule has 1 aromatic heterocycles. The van der Waals surface area contributed by atoms with Crippen molar-refractivity contribution in [2.24, 2.45) is 11.8 Å². The summed E-state index contributed by atoms with van der Waals surface area (Å²) in [6.45, 7) is 7.61. The van der Waals surface area contributed by atoms with Gasteiger partial charge in [-0.05, 0) is 18.8 Å². The molecule has 8 nitrogen and oxygen atoms in total. The van der Waals surface area contributed by atoms with Crippen LogP contribution in [0.1, 0.15) is 26.1 Å². The van der Waals surface area contributed by atoms with E-state index in [0.29, 0.717) is 26.1 Å². The van der Waals surface area contributed by atoms with Crippen LogP contribution in [0.25, 0.3) is 0 Å². The van der Waals surface area contributed by atoms with Gasteiger partial charge in [0.15, 0.2) is 0 Å². The molecule has 0 saturated carbocycles. The molecule has 142 valence electrons. The van der Waals surface area contributed by atoms with Crippen LogP contribution < -0.4 is 4.72 Å². The van der Waals surface area contributed by atoms with Gasteiger partial charge in [-0.2, -0.15) is 17.4 Å². The van der Waals surface area contributed by atoms with E-state index in [1.54, 1.807) is 11.1 Å². The molecule has 25 heavy (non-hydrogen) atoms. The Morgan fingerprint density at radius 2 is 2.08 bits per heavy atom. The number of nitrogens with zero attached hydrogens (tertiary/aromatic N) is 4. The maximum atomic E-state index is 12.6. The normalized spacial score (nSPS) is 21.5. The molecular formula is C16H29N5O3S. The molecule has 0 bridgehead atoms. The van der Waals surface area contributed by atoms with Gasteiger partial charge in [0.25, 0.3) is 10.2 Å². The molecule has 0 radical (unpaired) electrons. The Morgan fingerprint density at radius 1 is 1.40 bits per heavy atom. The summed E-state index contributed by atoms with van der Waals surface area (Å²) in [5.74, 6) is 1.31. The lowest BCUT2D eigenvalue weighted by Crippen LogP contribution is -2.46. The third kappa shape index (κ3) is 4.80. The van der Waals surface area contributed by atoms with E-state index in [1.165, 1.54) is 14.1 Å². The first-order valence-corrected chi connectivity index (χ1v) is 10.0. The Balaban J connectivity index is 2.00. The highest BCUT2D eigenvalue weighted by Crippen LogP contribution is 2.25. The van der Waals surface area contributed by atoms with Crippen LogP contribution >= 0.6 is 0 Å². The SMILES string of the molecule is Cc1nccn1CCC(=O)N1C[C@@H](NS(=O)(=O)N(C)C)[C@H](C(C)C)C1. The lowest BCUT2D eigenvalue weighted by Gasteiger charge is -2.24. The Hall–Kier alpha value is -1.45. The van der Waals surface area contributed by atoms with Gasteiger partial charge in [0.2, 0.25) is 5.91 Å². The summed E-state index contributed by atoms with van der Waals surface area (Å²) >= 11 is 0. The third-order valence-electron chi connectivity index (χ3n) is 4.85. The van der Waals surface area contributed by atoms with Gasteiger partial charge in [-0.25, -0.2) is 4.98 Å². The predicted molar refractivity (Wildman–Crippen MR) is 96.0 cm³/mol. The van der Waals surface area contributed by atoms with Crippen molar-refractivity contribution >= 4 is 16.1 Å². The average molecular weight is 372 g/mol. The van der Waals surface area contributed by atoms with Crippen LogP contribution in [0.2, 0.25) is 0 Å². The van der Waals surface area contributed by atoms with E-state index >= 15 is 0 Å². The second kappa shape index (κ2) is 7.84. The van der Waals surface area contributed by atoms with Crippen LogP contribution in [0.4, 0.5) is 0 Å². The van der Waals surface area contributed by atoms with Gasteiger partial charge in [-0.15, -0.1) is 0 Å². The lowest BCUT2D eigenvalue weighted by molar-refractivity contribution is -0.130. The van der Waals surface area contributed by atoms with Crippen molar-refractivity contribution in [3.63, 3.8) is 0 Å². The minimum atomic E-state index is -3.52. The van der Waals surface area contributed by atoms with E-state index in [0.717, 1.165) is 10.1 Å². The van der Waals surface area contributed by atoms with Crippen LogP contribution in [0.5, 0.6) is 0 Å². The van der Waals surface area contributed by atoms with E-state index in [-0.39, 0.29) is 23.8 Å². The van der Waals surface area contributed by atoms with E-state index in [9.17, 15) is 13.2 Å². The Bertz CT molecular complexity index is 698. The zero-order valence-electron chi connectivity index (χ0n) is 15.6.